The molecule has 0 saturated heterocycles. The third-order valence-corrected chi connectivity index (χ3v) is 5.67. The molecule has 1 aromatic heterocycles. The zero-order valence-electron chi connectivity index (χ0n) is 18.2. The summed E-state index contributed by atoms with van der Waals surface area (Å²) in [5, 5.41) is 10.5. The van der Waals surface area contributed by atoms with E-state index in [1.165, 1.54) is 4.68 Å². The van der Waals surface area contributed by atoms with Crippen LogP contribution in [-0.2, 0) is 11.0 Å². The van der Waals surface area contributed by atoms with Crippen LogP contribution in [0.2, 0.25) is 0 Å². The molecule has 0 aliphatic heterocycles. The Morgan fingerprint density at radius 2 is 1.60 bits per heavy atom. The van der Waals surface area contributed by atoms with E-state index in [1.54, 1.807) is 36.4 Å². The number of hydrogen-bond donors (Lipinski definition) is 2. The Morgan fingerprint density at radius 3 is 2.31 bits per heavy atom. The topological polar surface area (TPSA) is 72.9 Å². The SMILES string of the molecule is Cl.NCC(=O)Nc1ccc(-n2ncc(C(F)(F)F)c2-c2ccc3c(ccc4ccccc43)c2)cc1. The molecule has 35 heavy (non-hydrogen) atoms. The van der Waals surface area contributed by atoms with Gasteiger partial charge in [0.25, 0.3) is 0 Å². The van der Waals surface area contributed by atoms with Crippen LogP contribution in [0.25, 0.3) is 38.5 Å². The highest BCUT2D eigenvalue weighted by atomic mass is 35.5. The number of nitrogens with zero attached hydrogens (tertiary/aromatic N) is 2. The second kappa shape index (κ2) is 9.40. The lowest BCUT2D eigenvalue weighted by atomic mass is 9.98. The second-order valence-corrected chi connectivity index (χ2v) is 7.84. The summed E-state index contributed by atoms with van der Waals surface area (Å²) in [6, 6.07) is 23.4. The van der Waals surface area contributed by atoms with E-state index in [2.05, 4.69) is 10.4 Å². The van der Waals surface area contributed by atoms with Gasteiger partial charge in [-0.05, 0) is 51.9 Å². The number of alkyl halides is 3. The summed E-state index contributed by atoms with van der Waals surface area (Å²) >= 11 is 0. The molecule has 1 amide bonds. The molecule has 0 atom stereocenters. The van der Waals surface area contributed by atoms with Gasteiger partial charge in [-0.3, -0.25) is 4.79 Å². The average Bonchev–Trinajstić information content (AvgIpc) is 3.30. The minimum atomic E-state index is -4.58. The summed E-state index contributed by atoms with van der Waals surface area (Å²) in [4.78, 5) is 11.5. The van der Waals surface area contributed by atoms with Crippen molar-refractivity contribution >= 4 is 45.5 Å². The van der Waals surface area contributed by atoms with Crippen LogP contribution in [0.3, 0.4) is 0 Å². The zero-order chi connectivity index (χ0) is 23.9. The van der Waals surface area contributed by atoms with Crippen molar-refractivity contribution < 1.29 is 18.0 Å². The Labute approximate surface area is 204 Å². The molecule has 0 aliphatic carbocycles. The molecule has 5 nitrogen and oxygen atoms in total. The molecule has 0 bridgehead atoms. The lowest BCUT2D eigenvalue weighted by molar-refractivity contribution is -0.137. The van der Waals surface area contributed by atoms with Gasteiger partial charge in [0.05, 0.1) is 24.1 Å². The van der Waals surface area contributed by atoms with Crippen molar-refractivity contribution in [1.82, 2.24) is 9.78 Å². The normalized spacial score (nSPS) is 11.4. The molecule has 9 heteroatoms. The van der Waals surface area contributed by atoms with Gasteiger partial charge in [0.2, 0.25) is 5.91 Å². The molecule has 0 fully saturated rings. The molecule has 5 rings (SSSR count). The van der Waals surface area contributed by atoms with Crippen molar-refractivity contribution in [2.24, 2.45) is 5.73 Å². The zero-order valence-corrected chi connectivity index (χ0v) is 19.0. The number of anilines is 1. The van der Waals surface area contributed by atoms with E-state index in [0.29, 0.717) is 16.9 Å². The van der Waals surface area contributed by atoms with E-state index in [4.69, 9.17) is 5.73 Å². The molecule has 5 aromatic rings. The summed E-state index contributed by atoms with van der Waals surface area (Å²) in [5.41, 5.74) is 5.74. The highest BCUT2D eigenvalue weighted by Gasteiger charge is 2.37. The van der Waals surface area contributed by atoms with Gasteiger partial charge in [-0.25, -0.2) is 4.68 Å². The minimum Gasteiger partial charge on any atom is -0.325 e. The van der Waals surface area contributed by atoms with Crippen molar-refractivity contribution in [1.29, 1.82) is 0 Å². The van der Waals surface area contributed by atoms with Crippen LogP contribution in [0.4, 0.5) is 18.9 Å². The number of aromatic nitrogens is 2. The lowest BCUT2D eigenvalue weighted by Crippen LogP contribution is -2.21. The van der Waals surface area contributed by atoms with Gasteiger partial charge in [-0.15, -0.1) is 12.4 Å². The molecule has 178 valence electrons. The van der Waals surface area contributed by atoms with Gasteiger partial charge >= 0.3 is 6.18 Å². The summed E-state index contributed by atoms with van der Waals surface area (Å²) < 4.78 is 43.0. The Balaban J connectivity index is 0.00000289. The van der Waals surface area contributed by atoms with Crippen molar-refractivity contribution in [2.75, 3.05) is 11.9 Å². The molecule has 4 aromatic carbocycles. The number of nitrogens with one attached hydrogen (secondary N) is 1. The first kappa shape index (κ1) is 24.3. The molecule has 0 saturated carbocycles. The van der Waals surface area contributed by atoms with E-state index in [9.17, 15) is 18.0 Å². The van der Waals surface area contributed by atoms with Crippen LogP contribution in [0.5, 0.6) is 0 Å². The number of benzene rings is 4. The van der Waals surface area contributed by atoms with Gasteiger partial charge in [0.15, 0.2) is 0 Å². The van der Waals surface area contributed by atoms with Crippen LogP contribution >= 0.6 is 12.4 Å². The fourth-order valence-corrected chi connectivity index (χ4v) is 4.09. The molecule has 0 radical (unpaired) electrons. The number of nitrogens with two attached hydrogens (primary N) is 1. The molecule has 1 heterocycles. The first-order valence-electron chi connectivity index (χ1n) is 10.5. The molecule has 0 aliphatic rings. The predicted octanol–water partition coefficient (Wildman–Crippen LogP) is 6.18. The highest BCUT2D eigenvalue weighted by molar-refractivity contribution is 6.08. The van der Waals surface area contributed by atoms with E-state index in [1.807, 2.05) is 42.5 Å². The molecule has 0 unspecified atom stereocenters. The summed E-state index contributed by atoms with van der Waals surface area (Å²) in [6.45, 7) is -0.169. The van der Waals surface area contributed by atoms with Crippen molar-refractivity contribution in [3.05, 3.63) is 90.6 Å². The highest BCUT2D eigenvalue weighted by Crippen LogP contribution is 2.39. The predicted molar refractivity (Wildman–Crippen MR) is 134 cm³/mol. The Morgan fingerprint density at radius 1 is 0.914 bits per heavy atom. The number of carbonyl (C=O) groups is 1. The molecule has 0 spiro atoms. The fraction of sp³-hybridized carbons (Fsp3) is 0.0769. The summed E-state index contributed by atoms with van der Waals surface area (Å²) in [5.74, 6) is -0.365. The molecular weight excluding hydrogens is 477 g/mol. The number of carbonyl (C=O) groups excluding carboxylic acids is 1. The number of hydrogen-bond acceptors (Lipinski definition) is 3. The molecular formula is C26H20ClF3N4O. The van der Waals surface area contributed by atoms with Crippen molar-refractivity contribution in [3.8, 4) is 16.9 Å². The number of fused-ring (bicyclic) bond motifs is 3. The molecule has 3 N–H and O–H groups in total. The van der Waals surface area contributed by atoms with Gasteiger partial charge in [-0.2, -0.15) is 18.3 Å². The maximum atomic E-state index is 13.9. The van der Waals surface area contributed by atoms with E-state index < -0.39 is 11.7 Å². The Bertz CT molecular complexity index is 1530. The first-order chi connectivity index (χ1) is 16.3. The lowest BCUT2D eigenvalue weighted by Gasteiger charge is -2.14. The van der Waals surface area contributed by atoms with Gasteiger partial charge in [-0.1, -0.05) is 48.5 Å². The third-order valence-electron chi connectivity index (χ3n) is 5.67. The second-order valence-electron chi connectivity index (χ2n) is 7.84. The van der Waals surface area contributed by atoms with Crippen LogP contribution in [-0.4, -0.2) is 22.2 Å². The smallest absolute Gasteiger partial charge is 0.325 e. The number of rotatable bonds is 4. The van der Waals surface area contributed by atoms with Gasteiger partial charge < -0.3 is 11.1 Å². The summed E-state index contributed by atoms with van der Waals surface area (Å²) in [7, 11) is 0. The van der Waals surface area contributed by atoms with Crippen LogP contribution < -0.4 is 11.1 Å². The van der Waals surface area contributed by atoms with Gasteiger partial charge in [0, 0.05) is 11.3 Å². The van der Waals surface area contributed by atoms with Crippen LogP contribution in [0.15, 0.2) is 85.1 Å². The standard InChI is InChI=1S/C26H19F3N4O.ClH/c27-26(28,29)23-15-31-33(20-10-8-19(9-11-20)32-24(34)14-30)25(23)18-7-12-22-17(13-18)6-5-16-3-1-2-4-21(16)22;/h1-13,15H,14,30H2,(H,32,34);1H. The largest absolute Gasteiger partial charge is 0.420 e. The Hall–Kier alpha value is -3.88. The monoisotopic (exact) mass is 496 g/mol. The number of amides is 1. The minimum absolute atomic E-state index is 0. The average molecular weight is 497 g/mol. The van der Waals surface area contributed by atoms with Gasteiger partial charge in [0.1, 0.15) is 5.56 Å². The van der Waals surface area contributed by atoms with Crippen molar-refractivity contribution in [3.63, 3.8) is 0 Å². The quantitative estimate of drug-likeness (QED) is 0.292. The van der Waals surface area contributed by atoms with Crippen LogP contribution in [0.1, 0.15) is 5.56 Å². The maximum absolute atomic E-state index is 13.9. The van der Waals surface area contributed by atoms with E-state index >= 15 is 0 Å². The maximum Gasteiger partial charge on any atom is 0.420 e. The summed E-state index contributed by atoms with van der Waals surface area (Å²) in [6.07, 6.45) is -3.75. The van der Waals surface area contributed by atoms with E-state index in [0.717, 1.165) is 27.7 Å². The van der Waals surface area contributed by atoms with E-state index in [-0.39, 0.29) is 30.6 Å². The van der Waals surface area contributed by atoms with Crippen molar-refractivity contribution in [2.45, 2.75) is 6.18 Å². The third kappa shape index (κ3) is 4.58. The van der Waals surface area contributed by atoms with Crippen LogP contribution in [0, 0.1) is 0 Å². The Kier molecular flexibility index (Phi) is 6.51. The fourth-order valence-electron chi connectivity index (χ4n) is 4.09. The first-order valence-corrected chi connectivity index (χ1v) is 10.5. The number of halogens is 4.